The van der Waals surface area contributed by atoms with E-state index >= 15 is 0 Å². The number of esters is 1. The number of nitrogens with one attached hydrogen (secondary N) is 1. The Balaban J connectivity index is 2.20. The number of hydrogen-bond acceptors (Lipinski definition) is 5. The van der Waals surface area contributed by atoms with Crippen LogP contribution in [0, 0.1) is 5.92 Å². The van der Waals surface area contributed by atoms with Crippen molar-refractivity contribution in [3.63, 3.8) is 0 Å². The summed E-state index contributed by atoms with van der Waals surface area (Å²) in [6.45, 7) is 8.23. The highest BCUT2D eigenvalue weighted by molar-refractivity contribution is 8.00. The first-order valence-corrected chi connectivity index (χ1v) is 8.63. The molecule has 0 aliphatic carbocycles. The second-order valence-electron chi connectivity index (χ2n) is 6.34. The third-order valence-electron chi connectivity index (χ3n) is 3.52. The van der Waals surface area contributed by atoms with Crippen LogP contribution < -0.4 is 5.32 Å². The second-order valence-corrected chi connectivity index (χ2v) is 7.57. The first-order chi connectivity index (χ1) is 9.31. The van der Waals surface area contributed by atoms with Crippen molar-refractivity contribution >= 4 is 17.7 Å². The van der Waals surface area contributed by atoms with Gasteiger partial charge in [-0.15, -0.1) is 11.8 Å². The van der Waals surface area contributed by atoms with Crippen LogP contribution in [0.1, 0.15) is 53.4 Å². The molecule has 1 saturated heterocycles. The third kappa shape index (κ3) is 6.95. The summed E-state index contributed by atoms with van der Waals surface area (Å²) in [5.41, 5.74) is -0.560. The van der Waals surface area contributed by atoms with Crippen molar-refractivity contribution in [2.75, 3.05) is 12.4 Å². The summed E-state index contributed by atoms with van der Waals surface area (Å²) in [6.07, 6.45) is 4.07. The molecule has 1 heterocycles. The molecule has 0 spiro atoms. The van der Waals surface area contributed by atoms with Gasteiger partial charge in [-0.3, -0.25) is 10.1 Å². The molecule has 0 saturated carbocycles. The fourth-order valence-corrected chi connectivity index (χ4v) is 3.80. The number of aliphatic hydroxyl groups is 1. The van der Waals surface area contributed by atoms with Gasteiger partial charge < -0.3 is 9.84 Å². The fourth-order valence-electron chi connectivity index (χ4n) is 2.41. The molecule has 3 atom stereocenters. The molecular weight excluding hydrogens is 274 g/mol. The number of thioether (sulfide) groups is 1. The van der Waals surface area contributed by atoms with Crippen molar-refractivity contribution in [2.24, 2.45) is 5.92 Å². The Morgan fingerprint density at radius 2 is 2.25 bits per heavy atom. The van der Waals surface area contributed by atoms with E-state index in [9.17, 15) is 9.90 Å². The van der Waals surface area contributed by atoms with E-state index in [4.69, 9.17) is 4.74 Å². The average molecular weight is 303 g/mol. The SMILES string of the molecule is CCOC(=O)[C@@H]1CSC(CC(C)CCCC(C)(C)O)N1. The van der Waals surface area contributed by atoms with E-state index in [1.807, 2.05) is 32.5 Å². The lowest BCUT2D eigenvalue weighted by atomic mass is 9.95. The van der Waals surface area contributed by atoms with Gasteiger partial charge >= 0.3 is 5.97 Å². The van der Waals surface area contributed by atoms with Gasteiger partial charge in [0.2, 0.25) is 0 Å². The van der Waals surface area contributed by atoms with Crippen LogP contribution in [0.5, 0.6) is 0 Å². The Labute approximate surface area is 127 Å². The summed E-state index contributed by atoms with van der Waals surface area (Å²) in [6, 6.07) is -0.145. The van der Waals surface area contributed by atoms with Crippen LogP contribution in [0.3, 0.4) is 0 Å². The monoisotopic (exact) mass is 303 g/mol. The molecule has 4 nitrogen and oxygen atoms in total. The molecule has 0 radical (unpaired) electrons. The number of ether oxygens (including phenoxy) is 1. The predicted molar refractivity (Wildman–Crippen MR) is 83.7 cm³/mol. The van der Waals surface area contributed by atoms with Crippen molar-refractivity contribution in [3.8, 4) is 0 Å². The van der Waals surface area contributed by atoms with Crippen LogP contribution in [0.15, 0.2) is 0 Å². The van der Waals surface area contributed by atoms with Crippen LogP contribution in [-0.4, -0.2) is 40.5 Å². The van der Waals surface area contributed by atoms with E-state index in [0.29, 0.717) is 17.9 Å². The fraction of sp³-hybridized carbons (Fsp3) is 0.933. The first kappa shape index (κ1) is 17.8. The normalized spacial score (nSPS) is 24.6. The van der Waals surface area contributed by atoms with E-state index in [1.165, 1.54) is 0 Å². The molecular formula is C15H29NO3S. The lowest BCUT2D eigenvalue weighted by Crippen LogP contribution is -2.38. The van der Waals surface area contributed by atoms with Crippen LogP contribution in [-0.2, 0) is 9.53 Å². The summed E-state index contributed by atoms with van der Waals surface area (Å²) in [4.78, 5) is 11.6. The molecule has 118 valence electrons. The zero-order valence-corrected chi connectivity index (χ0v) is 14.0. The molecule has 20 heavy (non-hydrogen) atoms. The van der Waals surface area contributed by atoms with Gasteiger partial charge in [-0.25, -0.2) is 0 Å². The van der Waals surface area contributed by atoms with Crippen molar-refractivity contribution < 1.29 is 14.6 Å². The maximum atomic E-state index is 11.6. The second kappa shape index (κ2) is 8.25. The third-order valence-corrected chi connectivity index (χ3v) is 4.78. The van der Waals surface area contributed by atoms with Gasteiger partial charge in [0.1, 0.15) is 6.04 Å². The molecule has 5 heteroatoms. The molecule has 1 fully saturated rings. The number of rotatable bonds is 8. The lowest BCUT2D eigenvalue weighted by molar-refractivity contribution is -0.144. The minimum absolute atomic E-state index is 0.128. The van der Waals surface area contributed by atoms with Gasteiger partial charge in [0, 0.05) is 5.75 Å². The standard InChI is InChI=1S/C15H29NO3S/c1-5-19-14(17)12-10-20-13(16-12)9-11(2)7-6-8-15(3,4)18/h11-13,16,18H,5-10H2,1-4H3/t11?,12-,13?/m0/s1. The van der Waals surface area contributed by atoms with Gasteiger partial charge in [0.25, 0.3) is 0 Å². The molecule has 2 unspecified atom stereocenters. The molecule has 2 N–H and O–H groups in total. The maximum Gasteiger partial charge on any atom is 0.324 e. The number of carbonyl (C=O) groups is 1. The maximum absolute atomic E-state index is 11.6. The van der Waals surface area contributed by atoms with Gasteiger partial charge in [0.05, 0.1) is 17.6 Å². The van der Waals surface area contributed by atoms with Crippen LogP contribution in [0.25, 0.3) is 0 Å². The molecule has 1 rings (SSSR count). The minimum atomic E-state index is -0.560. The van der Waals surface area contributed by atoms with Crippen LogP contribution >= 0.6 is 11.8 Å². The Morgan fingerprint density at radius 1 is 1.55 bits per heavy atom. The van der Waals surface area contributed by atoms with E-state index in [-0.39, 0.29) is 12.0 Å². The summed E-state index contributed by atoms with van der Waals surface area (Å²) < 4.78 is 5.04. The molecule has 0 aromatic heterocycles. The number of hydrogen-bond donors (Lipinski definition) is 2. The van der Waals surface area contributed by atoms with Crippen molar-refractivity contribution in [1.29, 1.82) is 0 Å². The van der Waals surface area contributed by atoms with Crippen LogP contribution in [0.4, 0.5) is 0 Å². The number of carbonyl (C=O) groups excluding carboxylic acids is 1. The largest absolute Gasteiger partial charge is 0.465 e. The van der Waals surface area contributed by atoms with E-state index in [2.05, 4.69) is 12.2 Å². The Bertz CT molecular complexity index is 304. The smallest absolute Gasteiger partial charge is 0.324 e. The van der Waals surface area contributed by atoms with Gasteiger partial charge in [-0.2, -0.15) is 0 Å². The lowest BCUT2D eigenvalue weighted by Gasteiger charge is -2.20. The Morgan fingerprint density at radius 3 is 2.85 bits per heavy atom. The summed E-state index contributed by atoms with van der Waals surface area (Å²) >= 11 is 1.81. The topological polar surface area (TPSA) is 58.6 Å². The van der Waals surface area contributed by atoms with E-state index in [1.54, 1.807) is 0 Å². The average Bonchev–Trinajstić information content (AvgIpc) is 2.76. The van der Waals surface area contributed by atoms with Crippen molar-refractivity contribution in [1.82, 2.24) is 5.32 Å². The summed E-state index contributed by atoms with van der Waals surface area (Å²) in [7, 11) is 0. The molecule has 1 aliphatic heterocycles. The van der Waals surface area contributed by atoms with E-state index < -0.39 is 5.60 Å². The molecule has 0 aromatic carbocycles. The molecule has 0 bridgehead atoms. The Kier molecular flexibility index (Phi) is 7.34. The predicted octanol–water partition coefficient (Wildman–Crippen LogP) is 2.55. The summed E-state index contributed by atoms with van der Waals surface area (Å²) in [5.74, 6) is 1.28. The van der Waals surface area contributed by atoms with Gasteiger partial charge in [-0.05, 0) is 39.5 Å². The quantitative estimate of drug-likeness (QED) is 0.675. The molecule has 1 aliphatic rings. The zero-order chi connectivity index (χ0) is 15.2. The van der Waals surface area contributed by atoms with Crippen molar-refractivity contribution in [3.05, 3.63) is 0 Å². The highest BCUT2D eigenvalue weighted by Crippen LogP contribution is 2.27. The zero-order valence-electron chi connectivity index (χ0n) is 13.1. The summed E-state index contributed by atoms with van der Waals surface area (Å²) in [5, 5.41) is 13.4. The highest BCUT2D eigenvalue weighted by Gasteiger charge is 2.31. The van der Waals surface area contributed by atoms with E-state index in [0.717, 1.165) is 31.4 Å². The van der Waals surface area contributed by atoms with Crippen molar-refractivity contribution in [2.45, 2.75) is 70.4 Å². The van der Waals surface area contributed by atoms with Gasteiger partial charge in [0.15, 0.2) is 0 Å². The van der Waals surface area contributed by atoms with Crippen LogP contribution in [0.2, 0.25) is 0 Å². The molecule has 0 amide bonds. The highest BCUT2D eigenvalue weighted by atomic mass is 32.2. The first-order valence-electron chi connectivity index (χ1n) is 7.58. The minimum Gasteiger partial charge on any atom is -0.465 e. The Hall–Kier alpha value is -0.260. The molecule has 0 aromatic rings. The van der Waals surface area contributed by atoms with Gasteiger partial charge in [-0.1, -0.05) is 19.8 Å².